The van der Waals surface area contributed by atoms with Gasteiger partial charge in [-0.1, -0.05) is 60.3 Å². The zero-order valence-corrected chi connectivity index (χ0v) is 14.6. The van der Waals surface area contributed by atoms with Gasteiger partial charge in [0.1, 0.15) is 5.82 Å². The lowest BCUT2D eigenvalue weighted by molar-refractivity contribution is -0.385. The molecule has 0 amide bonds. The van der Waals surface area contributed by atoms with Gasteiger partial charge in [-0.2, -0.15) is 0 Å². The van der Waals surface area contributed by atoms with E-state index in [9.17, 15) is 10.1 Å². The highest BCUT2D eigenvalue weighted by atomic mass is 32.2. The predicted molar refractivity (Wildman–Crippen MR) is 101 cm³/mol. The number of aromatic amines is 1. The molecule has 0 aliphatic rings. The van der Waals surface area contributed by atoms with Crippen LogP contribution in [0.4, 0.5) is 5.69 Å². The lowest BCUT2D eigenvalue weighted by Crippen LogP contribution is -2.02. The molecule has 1 aromatic heterocycles. The molecule has 3 aromatic rings. The number of hydrogen-bond acceptors (Lipinski definition) is 6. The summed E-state index contributed by atoms with van der Waals surface area (Å²) in [4.78, 5) is 14.8. The van der Waals surface area contributed by atoms with Crippen molar-refractivity contribution in [1.82, 2.24) is 15.2 Å². The number of nitrogens with one attached hydrogen (secondary N) is 1. The topological polar surface area (TPSA) is 93.9 Å². The number of ether oxygens (including phenoxy) is 1. The van der Waals surface area contributed by atoms with Crippen molar-refractivity contribution in [3.05, 3.63) is 76.1 Å². The van der Waals surface area contributed by atoms with Crippen LogP contribution in [0.25, 0.3) is 12.2 Å². The summed E-state index contributed by atoms with van der Waals surface area (Å²) in [6, 6.07) is 16.2. The molecule has 0 unspecified atom stereocenters. The van der Waals surface area contributed by atoms with Crippen molar-refractivity contribution in [2.75, 3.05) is 12.4 Å². The van der Waals surface area contributed by atoms with Gasteiger partial charge in [-0.3, -0.25) is 15.2 Å². The highest BCUT2D eigenvalue weighted by Gasteiger charge is 2.13. The Labute approximate surface area is 154 Å². The molecule has 3 rings (SSSR count). The van der Waals surface area contributed by atoms with E-state index in [0.717, 1.165) is 5.56 Å². The molecule has 1 N–H and O–H groups in total. The van der Waals surface area contributed by atoms with Gasteiger partial charge in [0.25, 0.3) is 0 Å². The van der Waals surface area contributed by atoms with E-state index in [0.29, 0.717) is 23.3 Å². The van der Waals surface area contributed by atoms with Gasteiger partial charge in [0.05, 0.1) is 11.5 Å². The summed E-state index contributed by atoms with van der Waals surface area (Å²) in [5, 5.41) is 18.5. The number of nitrogens with zero attached hydrogens (tertiary/aromatic N) is 3. The zero-order valence-electron chi connectivity index (χ0n) is 13.7. The van der Waals surface area contributed by atoms with Crippen LogP contribution in [0, 0.1) is 10.1 Å². The molecule has 0 radical (unpaired) electrons. The molecule has 0 aliphatic heterocycles. The third-order valence-corrected chi connectivity index (χ3v) is 4.16. The van der Waals surface area contributed by atoms with Gasteiger partial charge in [0.2, 0.25) is 5.16 Å². The number of para-hydroxylation sites is 2. The normalized spacial score (nSPS) is 10.9. The Balaban J connectivity index is 1.48. The maximum Gasteiger partial charge on any atom is 0.310 e. The molecule has 0 spiro atoms. The molecule has 1 heterocycles. The van der Waals surface area contributed by atoms with E-state index in [1.807, 2.05) is 42.5 Å². The van der Waals surface area contributed by atoms with Crippen molar-refractivity contribution < 1.29 is 9.66 Å². The molecule has 2 aromatic carbocycles. The smallest absolute Gasteiger partial charge is 0.310 e. The van der Waals surface area contributed by atoms with Crippen LogP contribution in [-0.4, -0.2) is 32.5 Å². The fourth-order valence-corrected chi connectivity index (χ4v) is 2.77. The third-order valence-electron chi connectivity index (χ3n) is 3.35. The Morgan fingerprint density at radius 2 is 1.88 bits per heavy atom. The SMILES string of the molecule is O=[N+]([O-])c1ccccc1OCCSc1n[nH]c(C=Cc2ccccc2)n1. The average Bonchev–Trinajstić information content (AvgIpc) is 3.12. The molecule has 26 heavy (non-hydrogen) atoms. The molecule has 0 bridgehead atoms. The zero-order chi connectivity index (χ0) is 18.2. The Bertz CT molecular complexity index is 896. The van der Waals surface area contributed by atoms with E-state index in [2.05, 4.69) is 15.2 Å². The number of hydrogen-bond donors (Lipinski definition) is 1. The van der Waals surface area contributed by atoms with Crippen LogP contribution in [0.1, 0.15) is 11.4 Å². The summed E-state index contributed by atoms with van der Waals surface area (Å²) in [6.45, 7) is 0.319. The predicted octanol–water partition coefficient (Wildman–Crippen LogP) is 4.05. The maximum absolute atomic E-state index is 10.9. The van der Waals surface area contributed by atoms with E-state index < -0.39 is 4.92 Å². The van der Waals surface area contributed by atoms with E-state index >= 15 is 0 Å². The molecule has 7 nitrogen and oxygen atoms in total. The second-order valence-corrected chi connectivity index (χ2v) is 6.23. The lowest BCUT2D eigenvalue weighted by Gasteiger charge is -2.05. The lowest BCUT2D eigenvalue weighted by atomic mass is 10.2. The Kier molecular flexibility index (Phi) is 6.00. The van der Waals surface area contributed by atoms with Gasteiger partial charge in [0.15, 0.2) is 5.75 Å². The van der Waals surface area contributed by atoms with E-state index in [1.165, 1.54) is 17.8 Å². The molecule has 132 valence electrons. The number of thioether (sulfide) groups is 1. The van der Waals surface area contributed by atoms with Gasteiger partial charge in [-0.15, -0.1) is 5.10 Å². The second-order valence-electron chi connectivity index (χ2n) is 5.17. The molecule has 0 saturated heterocycles. The number of nitro benzene ring substituents is 1. The summed E-state index contributed by atoms with van der Waals surface area (Å²) in [5.74, 6) is 1.50. The number of nitro groups is 1. The van der Waals surface area contributed by atoms with Crippen LogP contribution in [0.2, 0.25) is 0 Å². The summed E-state index contributed by atoms with van der Waals surface area (Å²) in [5.41, 5.74) is 1.04. The summed E-state index contributed by atoms with van der Waals surface area (Å²) in [6.07, 6.45) is 3.81. The third kappa shape index (κ3) is 4.93. The molecule has 0 fully saturated rings. The van der Waals surface area contributed by atoms with Crippen LogP contribution >= 0.6 is 11.8 Å². The molecule has 0 saturated carbocycles. The Morgan fingerprint density at radius 3 is 2.69 bits per heavy atom. The van der Waals surface area contributed by atoms with Gasteiger partial charge in [0, 0.05) is 11.8 Å². The molecular formula is C18H16N4O3S. The number of rotatable bonds is 8. The first kappa shape index (κ1) is 17.7. The standard InChI is InChI=1S/C18H16N4O3S/c23-22(24)15-8-4-5-9-16(15)25-12-13-26-18-19-17(20-21-18)11-10-14-6-2-1-3-7-14/h1-11H,12-13H2,(H,19,20,21). The second kappa shape index (κ2) is 8.82. The van der Waals surface area contributed by atoms with E-state index in [-0.39, 0.29) is 11.4 Å². The summed E-state index contributed by atoms with van der Waals surface area (Å²) < 4.78 is 5.49. The van der Waals surface area contributed by atoms with E-state index in [4.69, 9.17) is 4.74 Å². The molecular weight excluding hydrogens is 352 g/mol. The average molecular weight is 368 g/mol. The quantitative estimate of drug-likeness (QED) is 0.279. The first-order chi connectivity index (χ1) is 12.7. The van der Waals surface area contributed by atoms with E-state index in [1.54, 1.807) is 18.2 Å². The van der Waals surface area contributed by atoms with Crippen LogP contribution in [0.15, 0.2) is 59.8 Å². The van der Waals surface area contributed by atoms with Crippen molar-refractivity contribution in [3.63, 3.8) is 0 Å². The van der Waals surface area contributed by atoms with Gasteiger partial charge >= 0.3 is 5.69 Å². The number of aromatic nitrogens is 3. The minimum Gasteiger partial charge on any atom is -0.486 e. The maximum atomic E-state index is 10.9. The summed E-state index contributed by atoms with van der Waals surface area (Å²) >= 11 is 1.41. The molecule has 0 atom stereocenters. The van der Waals surface area contributed by atoms with Crippen LogP contribution in [-0.2, 0) is 0 Å². The molecule has 0 aliphatic carbocycles. The monoisotopic (exact) mass is 368 g/mol. The van der Waals surface area contributed by atoms with Crippen molar-refractivity contribution in [2.24, 2.45) is 0 Å². The van der Waals surface area contributed by atoms with Crippen molar-refractivity contribution in [3.8, 4) is 5.75 Å². The van der Waals surface area contributed by atoms with Crippen molar-refractivity contribution in [2.45, 2.75) is 5.16 Å². The fourth-order valence-electron chi connectivity index (χ4n) is 2.15. The van der Waals surface area contributed by atoms with Crippen molar-refractivity contribution >= 4 is 29.6 Å². The van der Waals surface area contributed by atoms with Crippen molar-refractivity contribution in [1.29, 1.82) is 0 Å². The highest BCUT2D eigenvalue weighted by Crippen LogP contribution is 2.26. The number of H-pyrrole nitrogens is 1. The highest BCUT2D eigenvalue weighted by molar-refractivity contribution is 7.99. The first-order valence-electron chi connectivity index (χ1n) is 7.87. The minimum absolute atomic E-state index is 0.0382. The fraction of sp³-hybridized carbons (Fsp3) is 0.111. The minimum atomic E-state index is -0.455. The molecule has 8 heteroatoms. The largest absolute Gasteiger partial charge is 0.486 e. The Hall–Kier alpha value is -3.13. The van der Waals surface area contributed by atoms with Gasteiger partial charge in [-0.25, -0.2) is 4.98 Å². The van der Waals surface area contributed by atoms with Crippen LogP contribution < -0.4 is 4.74 Å². The Morgan fingerprint density at radius 1 is 1.12 bits per heavy atom. The number of benzene rings is 2. The van der Waals surface area contributed by atoms with Gasteiger partial charge < -0.3 is 4.74 Å². The van der Waals surface area contributed by atoms with Crippen LogP contribution in [0.3, 0.4) is 0 Å². The summed E-state index contributed by atoms with van der Waals surface area (Å²) in [7, 11) is 0. The first-order valence-corrected chi connectivity index (χ1v) is 8.85. The van der Waals surface area contributed by atoms with Gasteiger partial charge in [-0.05, 0) is 17.7 Å². The van der Waals surface area contributed by atoms with Crippen LogP contribution in [0.5, 0.6) is 5.75 Å².